The number of rotatable bonds is 8. The number of imidazole rings is 1. The fourth-order valence-electron chi connectivity index (χ4n) is 2.16. The molecule has 1 aromatic carbocycles. The van der Waals surface area contributed by atoms with E-state index in [1.165, 1.54) is 30.4 Å². The van der Waals surface area contributed by atoms with Crippen LogP contribution in [-0.2, 0) is 6.54 Å². The number of hydrogen-bond acceptors (Lipinski definition) is 2. The molecule has 0 aliphatic rings. The van der Waals surface area contributed by atoms with E-state index in [2.05, 4.69) is 41.6 Å². The van der Waals surface area contributed by atoms with Gasteiger partial charge in [-0.3, -0.25) is 0 Å². The Morgan fingerprint density at radius 3 is 2.65 bits per heavy atom. The van der Waals surface area contributed by atoms with Gasteiger partial charge in [0.2, 0.25) is 0 Å². The maximum absolute atomic E-state index is 5.78. The fourth-order valence-corrected chi connectivity index (χ4v) is 2.16. The zero-order chi connectivity index (χ0) is 14.2. The number of hydrogen-bond donors (Lipinski definition) is 0. The van der Waals surface area contributed by atoms with Crippen molar-refractivity contribution in [3.63, 3.8) is 0 Å². The van der Waals surface area contributed by atoms with Gasteiger partial charge in [-0.2, -0.15) is 0 Å². The molecule has 0 radical (unpaired) electrons. The minimum Gasteiger partial charge on any atom is -0.494 e. The zero-order valence-electron chi connectivity index (χ0n) is 12.5. The maximum atomic E-state index is 5.78. The van der Waals surface area contributed by atoms with E-state index in [0.717, 1.165) is 25.3 Å². The van der Waals surface area contributed by atoms with Crippen molar-refractivity contribution in [2.75, 3.05) is 6.61 Å². The van der Waals surface area contributed by atoms with Crippen LogP contribution in [0.5, 0.6) is 5.75 Å². The van der Waals surface area contributed by atoms with Gasteiger partial charge in [0.15, 0.2) is 0 Å². The van der Waals surface area contributed by atoms with Gasteiger partial charge in [0.1, 0.15) is 5.75 Å². The first-order valence-electron chi connectivity index (χ1n) is 7.41. The molecular formula is C17H24N2O. The Bertz CT molecular complexity index is 506. The Morgan fingerprint density at radius 1 is 1.05 bits per heavy atom. The molecule has 2 aromatic rings. The fraction of sp³-hybridized carbons (Fsp3) is 0.471. The Balaban J connectivity index is 1.54. The van der Waals surface area contributed by atoms with Gasteiger partial charge in [-0.1, -0.05) is 18.9 Å². The summed E-state index contributed by atoms with van der Waals surface area (Å²) in [6.45, 7) is 6.13. The number of ether oxygens (including phenoxy) is 1. The molecule has 0 saturated carbocycles. The van der Waals surface area contributed by atoms with Crippen molar-refractivity contribution >= 4 is 0 Å². The highest BCUT2D eigenvalue weighted by Gasteiger charge is 1.97. The topological polar surface area (TPSA) is 27.1 Å². The smallest absolute Gasteiger partial charge is 0.119 e. The molecule has 20 heavy (non-hydrogen) atoms. The molecule has 0 aliphatic carbocycles. The monoisotopic (exact) mass is 272 g/mol. The third-order valence-electron chi connectivity index (χ3n) is 3.62. The molecule has 0 N–H and O–H groups in total. The maximum Gasteiger partial charge on any atom is 0.119 e. The first-order valence-corrected chi connectivity index (χ1v) is 7.41. The van der Waals surface area contributed by atoms with Crippen LogP contribution in [-0.4, -0.2) is 16.2 Å². The number of nitrogens with zero attached hydrogens (tertiary/aromatic N) is 2. The SMILES string of the molecule is Cc1ccc(OCCCCCCn2ccnc2)cc1C. The van der Waals surface area contributed by atoms with Gasteiger partial charge in [0.05, 0.1) is 12.9 Å². The Hall–Kier alpha value is -1.77. The molecular weight excluding hydrogens is 248 g/mol. The van der Waals surface area contributed by atoms with Gasteiger partial charge < -0.3 is 9.30 Å². The van der Waals surface area contributed by atoms with E-state index in [-0.39, 0.29) is 0 Å². The summed E-state index contributed by atoms with van der Waals surface area (Å²) < 4.78 is 7.91. The third-order valence-corrected chi connectivity index (χ3v) is 3.62. The highest BCUT2D eigenvalue weighted by Crippen LogP contribution is 2.16. The van der Waals surface area contributed by atoms with Crippen molar-refractivity contribution in [1.82, 2.24) is 9.55 Å². The summed E-state index contributed by atoms with van der Waals surface area (Å²) in [5.74, 6) is 0.992. The van der Waals surface area contributed by atoms with E-state index in [0.29, 0.717) is 0 Å². The van der Waals surface area contributed by atoms with Crippen LogP contribution in [0.4, 0.5) is 0 Å². The molecule has 2 rings (SSSR count). The number of unbranched alkanes of at least 4 members (excludes halogenated alkanes) is 3. The van der Waals surface area contributed by atoms with Gasteiger partial charge in [-0.25, -0.2) is 4.98 Å². The lowest BCUT2D eigenvalue weighted by Gasteiger charge is -2.08. The molecule has 1 aromatic heterocycles. The first kappa shape index (κ1) is 14.6. The van der Waals surface area contributed by atoms with E-state index in [1.54, 1.807) is 0 Å². The predicted molar refractivity (Wildman–Crippen MR) is 82.1 cm³/mol. The summed E-state index contributed by atoms with van der Waals surface area (Å²) in [5.41, 5.74) is 2.61. The van der Waals surface area contributed by atoms with Crippen molar-refractivity contribution in [2.24, 2.45) is 0 Å². The van der Waals surface area contributed by atoms with Crippen LogP contribution < -0.4 is 4.74 Å². The summed E-state index contributed by atoms with van der Waals surface area (Å²) in [7, 11) is 0. The molecule has 1 heterocycles. The molecule has 0 atom stereocenters. The summed E-state index contributed by atoms with van der Waals surface area (Å²) in [6.07, 6.45) is 10.5. The standard InChI is InChI=1S/C17H24N2O/c1-15-7-8-17(13-16(15)2)20-12-6-4-3-5-10-19-11-9-18-14-19/h7-9,11,13-14H,3-6,10,12H2,1-2H3. The zero-order valence-corrected chi connectivity index (χ0v) is 12.5. The summed E-state index contributed by atoms with van der Waals surface area (Å²) in [4.78, 5) is 4.04. The van der Waals surface area contributed by atoms with Crippen molar-refractivity contribution in [3.05, 3.63) is 48.0 Å². The molecule has 0 saturated heterocycles. The second kappa shape index (κ2) is 7.73. The first-order chi connectivity index (χ1) is 9.75. The van der Waals surface area contributed by atoms with Crippen LogP contribution in [0.3, 0.4) is 0 Å². The number of aromatic nitrogens is 2. The van der Waals surface area contributed by atoms with E-state index in [4.69, 9.17) is 4.74 Å². The van der Waals surface area contributed by atoms with Crippen LogP contribution in [0, 0.1) is 13.8 Å². The Labute approximate surface area is 121 Å². The molecule has 0 fully saturated rings. The number of aryl methyl sites for hydroxylation is 3. The summed E-state index contributed by atoms with van der Waals surface area (Å²) in [5, 5.41) is 0. The number of benzene rings is 1. The quantitative estimate of drug-likeness (QED) is 0.675. The molecule has 0 spiro atoms. The molecule has 3 heteroatoms. The van der Waals surface area contributed by atoms with Crippen molar-refractivity contribution in [1.29, 1.82) is 0 Å². The van der Waals surface area contributed by atoms with Crippen molar-refractivity contribution in [3.8, 4) is 5.75 Å². The molecule has 108 valence electrons. The average Bonchev–Trinajstić information content (AvgIpc) is 2.95. The van der Waals surface area contributed by atoms with Crippen LogP contribution in [0.1, 0.15) is 36.8 Å². The molecule has 0 aliphatic heterocycles. The largest absolute Gasteiger partial charge is 0.494 e. The lowest BCUT2D eigenvalue weighted by atomic mass is 10.1. The van der Waals surface area contributed by atoms with E-state index >= 15 is 0 Å². The average molecular weight is 272 g/mol. The second-order valence-corrected chi connectivity index (χ2v) is 5.31. The van der Waals surface area contributed by atoms with Gasteiger partial charge in [0, 0.05) is 18.9 Å². The highest BCUT2D eigenvalue weighted by atomic mass is 16.5. The minimum atomic E-state index is 0.813. The van der Waals surface area contributed by atoms with E-state index < -0.39 is 0 Å². The lowest BCUT2D eigenvalue weighted by molar-refractivity contribution is 0.304. The van der Waals surface area contributed by atoms with Crippen LogP contribution in [0.15, 0.2) is 36.9 Å². The summed E-state index contributed by atoms with van der Waals surface area (Å²) in [6, 6.07) is 6.30. The highest BCUT2D eigenvalue weighted by molar-refractivity contribution is 5.33. The van der Waals surface area contributed by atoms with Gasteiger partial charge in [-0.15, -0.1) is 0 Å². The van der Waals surface area contributed by atoms with Crippen LogP contribution >= 0.6 is 0 Å². The Kier molecular flexibility index (Phi) is 5.66. The van der Waals surface area contributed by atoms with Crippen molar-refractivity contribution in [2.45, 2.75) is 46.1 Å². The van der Waals surface area contributed by atoms with Gasteiger partial charge in [0.25, 0.3) is 0 Å². The normalized spacial score (nSPS) is 10.7. The third kappa shape index (κ3) is 4.72. The summed E-state index contributed by atoms with van der Waals surface area (Å²) >= 11 is 0. The van der Waals surface area contributed by atoms with Crippen LogP contribution in [0.2, 0.25) is 0 Å². The van der Waals surface area contributed by atoms with E-state index in [9.17, 15) is 0 Å². The van der Waals surface area contributed by atoms with Crippen molar-refractivity contribution < 1.29 is 4.74 Å². The molecule has 0 amide bonds. The second-order valence-electron chi connectivity index (χ2n) is 5.31. The van der Waals surface area contributed by atoms with Crippen LogP contribution in [0.25, 0.3) is 0 Å². The molecule has 3 nitrogen and oxygen atoms in total. The molecule has 0 unspecified atom stereocenters. The van der Waals surface area contributed by atoms with Gasteiger partial charge in [-0.05, 0) is 49.9 Å². The van der Waals surface area contributed by atoms with E-state index in [1.807, 2.05) is 18.7 Å². The minimum absolute atomic E-state index is 0.813. The predicted octanol–water partition coefficient (Wildman–Crippen LogP) is 4.14. The lowest BCUT2D eigenvalue weighted by Crippen LogP contribution is -1.99. The Morgan fingerprint density at radius 2 is 1.90 bits per heavy atom. The molecule has 0 bridgehead atoms. The van der Waals surface area contributed by atoms with Gasteiger partial charge >= 0.3 is 0 Å².